The van der Waals surface area contributed by atoms with Gasteiger partial charge in [0.15, 0.2) is 0 Å². The van der Waals surface area contributed by atoms with Gasteiger partial charge in [0.25, 0.3) is 5.56 Å². The molecule has 2 heterocycles. The van der Waals surface area contributed by atoms with E-state index in [0.29, 0.717) is 17.9 Å². The van der Waals surface area contributed by atoms with Crippen LogP contribution in [-0.4, -0.2) is 23.0 Å². The largest absolute Gasteiger partial charge is 0.497 e. The van der Waals surface area contributed by atoms with E-state index in [1.54, 1.807) is 42.7 Å². The number of thiophene rings is 1. The number of aromatic amines is 1. The smallest absolute Gasteiger partial charge is 0.259 e. The Hall–Kier alpha value is -2.67. The maximum Gasteiger partial charge on any atom is 0.259 e. The Bertz CT molecular complexity index is 1040. The molecule has 0 saturated carbocycles. The van der Waals surface area contributed by atoms with Crippen molar-refractivity contribution >= 4 is 33.1 Å². The van der Waals surface area contributed by atoms with Gasteiger partial charge in [-0.05, 0) is 55.5 Å². The molecule has 0 saturated heterocycles. The number of amides is 1. The summed E-state index contributed by atoms with van der Waals surface area (Å²) in [5.41, 5.74) is 1.81. The summed E-state index contributed by atoms with van der Waals surface area (Å²) in [5.74, 6) is 1.19. The lowest BCUT2D eigenvalue weighted by Crippen LogP contribution is -2.16. The van der Waals surface area contributed by atoms with Crippen LogP contribution in [-0.2, 0) is 24.1 Å². The van der Waals surface area contributed by atoms with Crippen molar-refractivity contribution < 1.29 is 9.53 Å². The molecule has 0 atom stereocenters. The summed E-state index contributed by atoms with van der Waals surface area (Å²) in [6, 6.07) is 7.17. The highest BCUT2D eigenvalue weighted by atomic mass is 32.1. The van der Waals surface area contributed by atoms with Crippen molar-refractivity contribution in [2.75, 3.05) is 12.4 Å². The number of methoxy groups -OCH3 is 1. The molecule has 2 N–H and O–H groups in total. The molecule has 0 radical (unpaired) electrons. The van der Waals surface area contributed by atoms with Crippen molar-refractivity contribution in [3.8, 4) is 5.75 Å². The zero-order valence-corrected chi connectivity index (χ0v) is 15.9. The highest BCUT2D eigenvalue weighted by Crippen LogP contribution is 2.33. The Morgan fingerprint density at radius 2 is 2.04 bits per heavy atom. The van der Waals surface area contributed by atoms with Crippen LogP contribution in [0.15, 0.2) is 29.1 Å². The molecule has 0 spiro atoms. The first-order chi connectivity index (χ1) is 13.1. The molecule has 1 aliphatic carbocycles. The van der Waals surface area contributed by atoms with Gasteiger partial charge in [-0.25, -0.2) is 4.98 Å². The number of carbonyl (C=O) groups is 1. The van der Waals surface area contributed by atoms with Crippen LogP contribution in [0.5, 0.6) is 5.75 Å². The number of aromatic nitrogens is 2. The molecule has 4 rings (SSSR count). The number of benzene rings is 1. The third-order valence-electron chi connectivity index (χ3n) is 4.84. The highest BCUT2D eigenvalue weighted by Gasteiger charge is 2.19. The minimum Gasteiger partial charge on any atom is -0.497 e. The van der Waals surface area contributed by atoms with E-state index in [1.807, 2.05) is 0 Å². The molecule has 0 fully saturated rings. The number of carbonyl (C=O) groups excluding carboxylic acids is 1. The maximum absolute atomic E-state index is 12.5. The maximum atomic E-state index is 12.5. The first kappa shape index (κ1) is 17.7. The van der Waals surface area contributed by atoms with Gasteiger partial charge < -0.3 is 15.0 Å². The van der Waals surface area contributed by atoms with E-state index in [9.17, 15) is 9.59 Å². The van der Waals surface area contributed by atoms with Gasteiger partial charge in [-0.3, -0.25) is 9.59 Å². The Labute approximate surface area is 160 Å². The second-order valence-corrected chi connectivity index (χ2v) is 7.76. The molecule has 0 aliphatic heterocycles. The molecule has 1 amide bonds. The van der Waals surface area contributed by atoms with Crippen molar-refractivity contribution in [1.82, 2.24) is 9.97 Å². The fraction of sp³-hybridized carbons (Fsp3) is 0.350. The number of H-pyrrole nitrogens is 1. The quantitative estimate of drug-likeness (QED) is 0.707. The van der Waals surface area contributed by atoms with E-state index in [1.165, 1.54) is 16.9 Å². The molecule has 0 bridgehead atoms. The summed E-state index contributed by atoms with van der Waals surface area (Å²) in [6.45, 7) is 0. The van der Waals surface area contributed by atoms with Crippen LogP contribution < -0.4 is 15.6 Å². The lowest BCUT2D eigenvalue weighted by molar-refractivity contribution is -0.116. The normalized spacial score (nSPS) is 13.4. The van der Waals surface area contributed by atoms with Gasteiger partial charge in [-0.2, -0.15) is 0 Å². The van der Waals surface area contributed by atoms with E-state index >= 15 is 0 Å². The number of rotatable bonds is 5. The van der Waals surface area contributed by atoms with Crippen LogP contribution in [0.3, 0.4) is 0 Å². The Morgan fingerprint density at radius 3 is 2.81 bits per heavy atom. The number of fused-ring (bicyclic) bond motifs is 3. The van der Waals surface area contributed by atoms with Crippen molar-refractivity contribution in [1.29, 1.82) is 0 Å². The van der Waals surface area contributed by atoms with Crippen LogP contribution in [0, 0.1) is 0 Å². The third-order valence-corrected chi connectivity index (χ3v) is 6.02. The first-order valence-electron chi connectivity index (χ1n) is 9.11. The monoisotopic (exact) mass is 383 g/mol. The van der Waals surface area contributed by atoms with Gasteiger partial charge in [0, 0.05) is 23.4 Å². The van der Waals surface area contributed by atoms with Gasteiger partial charge in [-0.1, -0.05) is 0 Å². The second kappa shape index (κ2) is 7.52. The van der Waals surface area contributed by atoms with Crippen molar-refractivity contribution in [3.63, 3.8) is 0 Å². The SMILES string of the molecule is COc1ccc(NC(=O)CCc2nc3sc4c(c3c(=O)[nH]2)CCCC4)cc1. The van der Waals surface area contributed by atoms with Gasteiger partial charge in [-0.15, -0.1) is 11.3 Å². The van der Waals surface area contributed by atoms with Gasteiger partial charge in [0.05, 0.1) is 12.5 Å². The molecule has 1 aliphatic rings. The molecule has 1 aromatic carbocycles. The van der Waals surface area contributed by atoms with Crippen molar-refractivity contribution in [2.45, 2.75) is 38.5 Å². The zero-order valence-electron chi connectivity index (χ0n) is 15.1. The van der Waals surface area contributed by atoms with E-state index in [2.05, 4.69) is 15.3 Å². The van der Waals surface area contributed by atoms with Crippen molar-refractivity contribution in [2.24, 2.45) is 0 Å². The van der Waals surface area contributed by atoms with E-state index < -0.39 is 0 Å². The summed E-state index contributed by atoms with van der Waals surface area (Å²) in [5, 5.41) is 3.59. The standard InChI is InChI=1S/C20H21N3O3S/c1-26-13-8-6-12(7-9-13)21-17(24)11-10-16-22-19(25)18-14-4-2-3-5-15(14)27-20(18)23-16/h6-9H,2-5,10-11H2,1H3,(H,21,24)(H,22,23,25). The number of aryl methyl sites for hydroxylation is 3. The lowest BCUT2D eigenvalue weighted by Gasteiger charge is -2.09. The molecule has 27 heavy (non-hydrogen) atoms. The van der Waals surface area contributed by atoms with Gasteiger partial charge >= 0.3 is 0 Å². The Morgan fingerprint density at radius 1 is 1.26 bits per heavy atom. The zero-order chi connectivity index (χ0) is 18.8. The molecular formula is C20H21N3O3S. The highest BCUT2D eigenvalue weighted by molar-refractivity contribution is 7.18. The first-order valence-corrected chi connectivity index (χ1v) is 9.93. The summed E-state index contributed by atoms with van der Waals surface area (Å²) < 4.78 is 5.10. The third kappa shape index (κ3) is 3.73. The topological polar surface area (TPSA) is 84.1 Å². The minimum atomic E-state index is -0.117. The van der Waals surface area contributed by atoms with E-state index in [-0.39, 0.29) is 17.9 Å². The molecule has 2 aromatic heterocycles. The number of hydrogen-bond acceptors (Lipinski definition) is 5. The van der Waals surface area contributed by atoms with Gasteiger partial charge in [0.1, 0.15) is 16.4 Å². The van der Waals surface area contributed by atoms with E-state index in [4.69, 9.17) is 4.74 Å². The Kier molecular flexibility index (Phi) is 4.94. The number of ether oxygens (including phenoxy) is 1. The molecule has 6 nitrogen and oxygen atoms in total. The van der Waals surface area contributed by atoms with E-state index in [0.717, 1.165) is 35.2 Å². The van der Waals surface area contributed by atoms with Crippen LogP contribution in [0.1, 0.15) is 35.5 Å². The van der Waals surface area contributed by atoms with Crippen LogP contribution in [0.25, 0.3) is 10.2 Å². The summed E-state index contributed by atoms with van der Waals surface area (Å²) >= 11 is 1.62. The predicted molar refractivity (Wildman–Crippen MR) is 107 cm³/mol. The molecule has 0 unspecified atom stereocenters. The molecule has 7 heteroatoms. The summed E-state index contributed by atoms with van der Waals surface area (Å²) in [6.07, 6.45) is 4.96. The van der Waals surface area contributed by atoms with Crippen LogP contribution >= 0.6 is 11.3 Å². The Balaban J connectivity index is 1.45. The average molecular weight is 383 g/mol. The fourth-order valence-electron chi connectivity index (χ4n) is 3.46. The number of nitrogens with one attached hydrogen (secondary N) is 2. The second-order valence-electron chi connectivity index (χ2n) is 6.68. The van der Waals surface area contributed by atoms with Crippen LogP contribution in [0.2, 0.25) is 0 Å². The minimum absolute atomic E-state index is 0.0787. The number of nitrogens with zero attached hydrogens (tertiary/aromatic N) is 1. The molecular weight excluding hydrogens is 362 g/mol. The predicted octanol–water partition coefficient (Wildman–Crippen LogP) is 3.44. The summed E-state index contributed by atoms with van der Waals surface area (Å²) in [4.78, 5) is 34.3. The van der Waals surface area contributed by atoms with Gasteiger partial charge in [0.2, 0.25) is 5.91 Å². The number of hydrogen-bond donors (Lipinski definition) is 2. The molecule has 3 aromatic rings. The number of anilines is 1. The average Bonchev–Trinajstić information content (AvgIpc) is 3.06. The fourth-order valence-corrected chi connectivity index (χ4v) is 4.74. The van der Waals surface area contributed by atoms with Crippen LogP contribution in [0.4, 0.5) is 5.69 Å². The summed E-state index contributed by atoms with van der Waals surface area (Å²) in [7, 11) is 1.60. The lowest BCUT2D eigenvalue weighted by atomic mass is 9.97. The molecule has 140 valence electrons. The van der Waals surface area contributed by atoms with Crippen molar-refractivity contribution in [3.05, 3.63) is 50.9 Å².